The van der Waals surface area contributed by atoms with Gasteiger partial charge in [-0.3, -0.25) is 24.0 Å². The smallest absolute Gasteiger partial charge is 0.239 e. The zero-order chi connectivity index (χ0) is 26.5. The van der Waals surface area contributed by atoms with Crippen LogP contribution in [0.2, 0.25) is 12.6 Å². The maximum Gasteiger partial charge on any atom is 0.239 e. The Morgan fingerprint density at radius 3 is 1.60 bits per heavy atom. The molecule has 0 atom stereocenters. The van der Waals surface area contributed by atoms with Gasteiger partial charge in [-0.1, -0.05) is 19.8 Å². The molecule has 4 radical (unpaired) electrons. The summed E-state index contributed by atoms with van der Waals surface area (Å²) in [6, 6.07) is 0. The van der Waals surface area contributed by atoms with Gasteiger partial charge in [-0.2, -0.15) is 0 Å². The molecule has 0 unspecified atom stereocenters. The lowest BCUT2D eigenvalue weighted by atomic mass is 10.0. The van der Waals surface area contributed by atoms with Gasteiger partial charge in [0.2, 0.25) is 29.5 Å². The van der Waals surface area contributed by atoms with Crippen LogP contribution in [0.25, 0.3) is 0 Å². The summed E-state index contributed by atoms with van der Waals surface area (Å²) in [5.41, 5.74) is 0. The Kier molecular flexibility index (Phi) is 19.3. The molecule has 11 nitrogen and oxygen atoms in total. The Morgan fingerprint density at radius 1 is 0.686 bits per heavy atom. The van der Waals surface area contributed by atoms with Gasteiger partial charge < -0.3 is 30.9 Å². The second kappa shape index (κ2) is 20.8. The lowest BCUT2D eigenvalue weighted by Crippen LogP contribution is -2.47. The van der Waals surface area contributed by atoms with Crippen LogP contribution in [0.5, 0.6) is 0 Å². The van der Waals surface area contributed by atoms with E-state index in [-0.39, 0.29) is 70.3 Å². The maximum absolute atomic E-state index is 12.3. The number of hydrogen-bond donors (Lipinski definition) is 4. The highest BCUT2D eigenvalue weighted by atomic mass is 16.3. The Bertz CT molecular complexity index is 668. The summed E-state index contributed by atoms with van der Waals surface area (Å²) in [5, 5.41) is 16.8. The number of nitrogens with zero attached hydrogens (tertiary/aromatic N) is 2. The number of carbonyl (C=O) groups is 5. The van der Waals surface area contributed by atoms with E-state index in [2.05, 4.69) is 16.0 Å². The fraction of sp³-hybridized carbons (Fsp3) is 0.773. The molecule has 0 aliphatic carbocycles. The van der Waals surface area contributed by atoms with E-state index >= 15 is 0 Å². The normalized spacial score (nSPS) is 10.3. The van der Waals surface area contributed by atoms with Gasteiger partial charge in [-0.25, -0.2) is 0 Å². The molecule has 0 bridgehead atoms. The highest BCUT2D eigenvalue weighted by Gasteiger charge is 2.18. The fourth-order valence-corrected chi connectivity index (χ4v) is 3.09. The molecule has 0 aromatic rings. The minimum absolute atomic E-state index is 0.0664. The predicted octanol–water partition coefficient (Wildman–Crippen LogP) is -1.48. The van der Waals surface area contributed by atoms with Crippen molar-refractivity contribution >= 4 is 45.2 Å². The van der Waals surface area contributed by atoms with Crippen LogP contribution >= 0.6 is 0 Å². The van der Waals surface area contributed by atoms with Gasteiger partial charge in [0.15, 0.2) is 0 Å². The van der Waals surface area contributed by atoms with Crippen molar-refractivity contribution in [2.45, 2.75) is 58.1 Å². The molecule has 0 spiro atoms. The summed E-state index contributed by atoms with van der Waals surface area (Å²) >= 11 is 0. The molecule has 0 aromatic heterocycles. The summed E-state index contributed by atoms with van der Waals surface area (Å²) in [4.78, 5) is 62.6. The molecule has 4 N–H and O–H groups in total. The van der Waals surface area contributed by atoms with Crippen molar-refractivity contribution in [2.24, 2.45) is 0 Å². The topological polar surface area (TPSA) is 148 Å². The third-order valence-electron chi connectivity index (χ3n) is 5.02. The van der Waals surface area contributed by atoms with Crippen molar-refractivity contribution < 1.29 is 29.1 Å². The molecule has 0 aromatic carbocycles. The van der Waals surface area contributed by atoms with Crippen molar-refractivity contribution in [3.63, 3.8) is 0 Å². The van der Waals surface area contributed by atoms with Gasteiger partial charge in [-0.15, -0.1) is 0 Å². The molecule has 5 amide bonds. The molecular weight excluding hydrogens is 452 g/mol. The van der Waals surface area contributed by atoms with Crippen LogP contribution in [0.1, 0.15) is 45.4 Å². The number of hydrogen-bond acceptors (Lipinski definition) is 6. The monoisotopic (exact) mass is 491 g/mol. The molecule has 35 heavy (non-hydrogen) atoms. The summed E-state index contributed by atoms with van der Waals surface area (Å²) in [7, 11) is 10.8. The highest BCUT2D eigenvalue weighted by Crippen LogP contribution is 1.98. The molecule has 13 heteroatoms. The Morgan fingerprint density at radius 2 is 1.14 bits per heavy atom. The van der Waals surface area contributed by atoms with Crippen molar-refractivity contribution in [3.8, 4) is 0 Å². The SMILES string of the molecule is [B]CC(=O)N(CCNC(=O)CN(CCNC(=O)CCC)C(=O)C[B])CC(=O)NCCCCCCO. The first-order valence-electron chi connectivity index (χ1n) is 12.2. The first-order chi connectivity index (χ1) is 16.8. The van der Waals surface area contributed by atoms with Gasteiger partial charge in [0.25, 0.3) is 0 Å². The second-order valence-electron chi connectivity index (χ2n) is 7.98. The molecule has 0 fully saturated rings. The van der Waals surface area contributed by atoms with E-state index in [9.17, 15) is 24.0 Å². The molecule has 0 aliphatic heterocycles. The first-order valence-corrected chi connectivity index (χ1v) is 12.2. The van der Waals surface area contributed by atoms with Crippen LogP contribution in [-0.2, 0) is 24.0 Å². The maximum atomic E-state index is 12.3. The highest BCUT2D eigenvalue weighted by molar-refractivity contribution is 6.20. The lowest BCUT2D eigenvalue weighted by Gasteiger charge is -2.24. The molecule has 0 heterocycles. The van der Waals surface area contributed by atoms with Crippen molar-refractivity contribution in [3.05, 3.63) is 0 Å². The summed E-state index contributed by atoms with van der Waals surface area (Å²) in [6.07, 6.45) is 3.80. The summed E-state index contributed by atoms with van der Waals surface area (Å²) < 4.78 is 0. The second-order valence-corrected chi connectivity index (χ2v) is 7.98. The molecule has 0 saturated heterocycles. The number of rotatable bonds is 20. The average Bonchev–Trinajstić information content (AvgIpc) is 2.84. The van der Waals surface area contributed by atoms with E-state index in [1.54, 1.807) is 0 Å². The van der Waals surface area contributed by atoms with Crippen molar-refractivity contribution in [1.82, 2.24) is 25.8 Å². The van der Waals surface area contributed by atoms with E-state index in [0.29, 0.717) is 19.4 Å². The number of nitrogens with one attached hydrogen (secondary N) is 3. The summed E-state index contributed by atoms with van der Waals surface area (Å²) in [6.45, 7) is 2.54. The minimum Gasteiger partial charge on any atom is -0.396 e. The van der Waals surface area contributed by atoms with E-state index < -0.39 is 17.7 Å². The largest absolute Gasteiger partial charge is 0.396 e. The minimum atomic E-state index is -0.459. The zero-order valence-corrected chi connectivity index (χ0v) is 20.9. The van der Waals surface area contributed by atoms with Crippen LogP contribution in [0.4, 0.5) is 0 Å². The van der Waals surface area contributed by atoms with Gasteiger partial charge in [0, 0.05) is 45.8 Å². The van der Waals surface area contributed by atoms with E-state index in [1.807, 2.05) is 6.92 Å². The number of aliphatic hydroxyl groups is 1. The molecular formula is C22H39B2N5O6. The third kappa shape index (κ3) is 16.7. The van der Waals surface area contributed by atoms with Crippen molar-refractivity contribution in [2.75, 3.05) is 52.4 Å². The zero-order valence-electron chi connectivity index (χ0n) is 20.9. The van der Waals surface area contributed by atoms with Gasteiger partial charge >= 0.3 is 0 Å². The van der Waals surface area contributed by atoms with Gasteiger partial charge in [-0.05, 0) is 31.9 Å². The first kappa shape index (κ1) is 32.4. The third-order valence-corrected chi connectivity index (χ3v) is 5.02. The number of amides is 5. The molecule has 0 saturated carbocycles. The molecule has 194 valence electrons. The quantitative estimate of drug-likeness (QED) is 0.121. The fourth-order valence-electron chi connectivity index (χ4n) is 3.09. The number of unbranched alkanes of at least 4 members (excludes halogenated alkanes) is 3. The van der Waals surface area contributed by atoms with Crippen LogP contribution in [0.15, 0.2) is 0 Å². The van der Waals surface area contributed by atoms with Crippen LogP contribution < -0.4 is 16.0 Å². The Balaban J connectivity index is 4.51. The molecule has 0 rings (SSSR count). The predicted molar refractivity (Wildman–Crippen MR) is 134 cm³/mol. The van der Waals surface area contributed by atoms with Gasteiger partial charge in [0.05, 0.1) is 28.8 Å². The van der Waals surface area contributed by atoms with Gasteiger partial charge in [0.1, 0.15) is 0 Å². The lowest BCUT2D eigenvalue weighted by molar-refractivity contribution is -0.135. The Labute approximate surface area is 210 Å². The summed E-state index contributed by atoms with van der Waals surface area (Å²) in [5.74, 6) is -1.78. The van der Waals surface area contributed by atoms with Crippen molar-refractivity contribution in [1.29, 1.82) is 0 Å². The van der Waals surface area contributed by atoms with E-state index in [4.69, 9.17) is 20.8 Å². The molecule has 0 aliphatic rings. The van der Waals surface area contributed by atoms with Crippen LogP contribution in [-0.4, -0.2) is 113 Å². The van der Waals surface area contributed by atoms with Crippen LogP contribution in [0, 0.1) is 0 Å². The van der Waals surface area contributed by atoms with Crippen LogP contribution in [0.3, 0.4) is 0 Å². The van der Waals surface area contributed by atoms with E-state index in [0.717, 1.165) is 25.7 Å². The standard InChI is InChI=1S/C22H39B2N5O6/c1-2-7-18(31)26-9-11-28(21(34)14-23)17-20(33)27-10-12-29(22(35)15-24)16-19(32)25-8-5-3-4-6-13-30/h30H,2-17H2,1H3,(H,25,32)(H,26,31)(H,27,33). The van der Waals surface area contributed by atoms with E-state index in [1.165, 1.54) is 9.80 Å². The average molecular weight is 491 g/mol. The Hall–Kier alpha value is -2.56. The number of carbonyl (C=O) groups excluding carboxylic acids is 5. The number of aliphatic hydroxyl groups excluding tert-OH is 1.